The molecule has 2 N–H and O–H groups in total. The van der Waals surface area contributed by atoms with Gasteiger partial charge in [-0.1, -0.05) is 47.5 Å². The number of hydrogen-bond acceptors (Lipinski definition) is 8. The summed E-state index contributed by atoms with van der Waals surface area (Å²) in [5.74, 6) is 0.635. The molecule has 6 aromatic heterocycles. The van der Waals surface area contributed by atoms with Gasteiger partial charge in [-0.3, -0.25) is 9.97 Å². The molecule has 46 heavy (non-hydrogen) atoms. The van der Waals surface area contributed by atoms with E-state index in [9.17, 15) is 9.59 Å². The van der Waals surface area contributed by atoms with E-state index in [0.717, 1.165) is 39.1 Å². The molecule has 0 bridgehead atoms. The highest BCUT2D eigenvalue weighted by atomic mass is 35.5. The van der Waals surface area contributed by atoms with Crippen molar-refractivity contribution >= 4 is 34.8 Å². The maximum Gasteiger partial charge on any atom is 0.349 e. The molecule has 8 aromatic rings. The Bertz CT molecular complexity index is 2380. The Hall–Kier alpha value is -5.98. The van der Waals surface area contributed by atoms with E-state index in [1.165, 1.54) is 8.80 Å². The molecule has 0 aliphatic rings. The minimum Gasteiger partial charge on any atom is -0.265 e. The second-order valence-corrected chi connectivity index (χ2v) is 10.7. The summed E-state index contributed by atoms with van der Waals surface area (Å²) >= 11 is 11.9. The third-order valence-electron chi connectivity index (χ3n) is 7.07. The van der Waals surface area contributed by atoms with E-state index in [-0.39, 0.29) is 11.4 Å². The Balaban J connectivity index is 0.000000147. The number of H-pyrrole nitrogens is 2. The first-order chi connectivity index (χ1) is 22.5. The van der Waals surface area contributed by atoms with Gasteiger partial charge in [0.05, 0.1) is 11.4 Å². The number of nitrogens with one attached hydrogen (secondary N) is 2. The van der Waals surface area contributed by atoms with Crippen LogP contribution in [0.1, 0.15) is 0 Å². The van der Waals surface area contributed by atoms with E-state index < -0.39 is 0 Å². The van der Waals surface area contributed by atoms with Crippen LogP contribution in [0, 0.1) is 0 Å². The van der Waals surface area contributed by atoms with Crippen molar-refractivity contribution in [3.05, 3.63) is 141 Å². The third kappa shape index (κ3) is 5.54. The SMILES string of the molecule is O=c1[nH]nc2nc(-c3ccc(Cl)cc3)c(-c3ccncc3)cn12.O=c1[nH]nc2ncc(-c3ccncc3)c(-c3ccc(Cl)cc3)n12. The fraction of sp³-hybridized carbons (Fsp3) is 0. The van der Waals surface area contributed by atoms with Crippen molar-refractivity contribution in [1.82, 2.24) is 49.1 Å². The summed E-state index contributed by atoms with van der Waals surface area (Å²) in [6, 6.07) is 22.1. The van der Waals surface area contributed by atoms with E-state index in [1.807, 2.05) is 48.5 Å². The van der Waals surface area contributed by atoms with Crippen LogP contribution in [-0.2, 0) is 0 Å². The molecule has 14 heteroatoms. The standard InChI is InChI=1S/2C16H10ClN5O/c17-12-3-1-11(2-4-12)14-13(10-5-7-18-8-6-10)9-22-15(19-14)20-21-16(22)23;17-12-3-1-11(2-4-12)14-13(10-5-7-18-8-6-10)9-19-15-20-21-16(23)22(14)15/h2*1-9H,(H,21,23). The average Bonchev–Trinajstić information content (AvgIpc) is 3.67. The summed E-state index contributed by atoms with van der Waals surface area (Å²) in [4.78, 5) is 40.9. The normalized spacial score (nSPS) is 11.0. The van der Waals surface area contributed by atoms with Crippen molar-refractivity contribution in [1.29, 1.82) is 0 Å². The van der Waals surface area contributed by atoms with Gasteiger partial charge in [0.15, 0.2) is 0 Å². The summed E-state index contributed by atoms with van der Waals surface area (Å²) < 4.78 is 2.84. The molecule has 0 atom stereocenters. The summed E-state index contributed by atoms with van der Waals surface area (Å²) in [5.41, 5.74) is 5.93. The zero-order chi connectivity index (χ0) is 31.6. The summed E-state index contributed by atoms with van der Waals surface area (Å²) in [5, 5.41) is 14.0. The number of fused-ring (bicyclic) bond motifs is 2. The van der Waals surface area contributed by atoms with Gasteiger partial charge < -0.3 is 0 Å². The second kappa shape index (κ2) is 12.2. The van der Waals surface area contributed by atoms with Gasteiger partial charge in [-0.25, -0.2) is 38.6 Å². The minimum atomic E-state index is -0.339. The molecule has 6 heterocycles. The van der Waals surface area contributed by atoms with Crippen LogP contribution in [0.3, 0.4) is 0 Å². The lowest BCUT2D eigenvalue weighted by molar-refractivity contribution is 1.02. The molecular formula is C32H20Cl2N10O2. The van der Waals surface area contributed by atoms with E-state index in [1.54, 1.807) is 61.4 Å². The maximum atomic E-state index is 12.2. The molecule has 0 saturated heterocycles. The van der Waals surface area contributed by atoms with Gasteiger partial charge in [0.1, 0.15) is 0 Å². The van der Waals surface area contributed by atoms with Gasteiger partial charge in [0.25, 0.3) is 11.6 Å². The predicted octanol–water partition coefficient (Wildman–Crippen LogP) is 5.60. The van der Waals surface area contributed by atoms with Crippen LogP contribution >= 0.6 is 23.2 Å². The largest absolute Gasteiger partial charge is 0.349 e. The topological polar surface area (TPSA) is 152 Å². The van der Waals surface area contributed by atoms with E-state index >= 15 is 0 Å². The molecule has 0 aliphatic carbocycles. The van der Waals surface area contributed by atoms with Crippen LogP contribution in [-0.4, -0.2) is 49.1 Å². The Kier molecular flexibility index (Phi) is 7.62. The molecule has 0 fully saturated rings. The number of aromatic amines is 2. The van der Waals surface area contributed by atoms with Crippen molar-refractivity contribution in [2.75, 3.05) is 0 Å². The molecule has 0 saturated carbocycles. The molecule has 2 aromatic carbocycles. The number of halogens is 2. The van der Waals surface area contributed by atoms with E-state index in [2.05, 4.69) is 40.3 Å². The maximum absolute atomic E-state index is 12.2. The lowest BCUT2D eigenvalue weighted by atomic mass is 10.0. The molecule has 224 valence electrons. The van der Waals surface area contributed by atoms with Crippen molar-refractivity contribution in [2.24, 2.45) is 0 Å². The fourth-order valence-corrected chi connectivity index (χ4v) is 5.18. The fourth-order valence-electron chi connectivity index (χ4n) is 4.93. The smallest absolute Gasteiger partial charge is 0.265 e. The number of nitrogens with zero attached hydrogens (tertiary/aromatic N) is 8. The van der Waals surface area contributed by atoms with Crippen molar-refractivity contribution in [3.8, 4) is 44.8 Å². The van der Waals surface area contributed by atoms with Gasteiger partial charge in [0, 0.05) is 63.9 Å². The number of pyridine rings is 2. The van der Waals surface area contributed by atoms with Crippen LogP contribution in [0.25, 0.3) is 56.3 Å². The molecule has 0 amide bonds. The van der Waals surface area contributed by atoms with Crippen LogP contribution in [0.2, 0.25) is 10.0 Å². The van der Waals surface area contributed by atoms with Gasteiger partial charge >= 0.3 is 11.4 Å². The van der Waals surface area contributed by atoms with Crippen molar-refractivity contribution < 1.29 is 0 Å². The first kappa shape index (κ1) is 28.8. The van der Waals surface area contributed by atoms with E-state index in [4.69, 9.17) is 23.2 Å². The number of benzene rings is 2. The van der Waals surface area contributed by atoms with E-state index in [0.29, 0.717) is 27.3 Å². The summed E-state index contributed by atoms with van der Waals surface area (Å²) in [7, 11) is 0. The van der Waals surface area contributed by atoms with Gasteiger partial charge in [-0.05, 0) is 65.2 Å². The summed E-state index contributed by atoms with van der Waals surface area (Å²) in [6.45, 7) is 0. The van der Waals surface area contributed by atoms with Crippen LogP contribution in [0.15, 0.2) is 120 Å². The molecule has 12 nitrogen and oxygen atoms in total. The summed E-state index contributed by atoms with van der Waals surface area (Å²) in [6.07, 6.45) is 10.2. The monoisotopic (exact) mass is 646 g/mol. The third-order valence-corrected chi connectivity index (χ3v) is 7.58. The molecule has 0 unspecified atom stereocenters. The van der Waals surface area contributed by atoms with Gasteiger partial charge in [-0.2, -0.15) is 0 Å². The lowest BCUT2D eigenvalue weighted by Crippen LogP contribution is -2.13. The highest BCUT2D eigenvalue weighted by Gasteiger charge is 2.16. The highest BCUT2D eigenvalue weighted by molar-refractivity contribution is 6.31. The Morgan fingerprint density at radius 1 is 0.587 bits per heavy atom. The Labute approximate surface area is 269 Å². The Morgan fingerprint density at radius 2 is 1.13 bits per heavy atom. The van der Waals surface area contributed by atoms with Crippen molar-refractivity contribution in [3.63, 3.8) is 0 Å². The molecule has 8 rings (SSSR count). The van der Waals surface area contributed by atoms with Gasteiger partial charge in [-0.15, -0.1) is 10.2 Å². The van der Waals surface area contributed by atoms with Crippen LogP contribution < -0.4 is 11.4 Å². The Morgan fingerprint density at radius 3 is 1.76 bits per heavy atom. The van der Waals surface area contributed by atoms with Gasteiger partial charge in [0.2, 0.25) is 0 Å². The molecular weight excluding hydrogens is 627 g/mol. The average molecular weight is 647 g/mol. The van der Waals surface area contributed by atoms with Crippen LogP contribution in [0.5, 0.6) is 0 Å². The molecule has 0 radical (unpaired) electrons. The zero-order valence-corrected chi connectivity index (χ0v) is 25.1. The predicted molar refractivity (Wildman–Crippen MR) is 175 cm³/mol. The first-order valence-electron chi connectivity index (χ1n) is 13.7. The quantitative estimate of drug-likeness (QED) is 0.251. The van der Waals surface area contributed by atoms with Crippen molar-refractivity contribution in [2.45, 2.75) is 0 Å². The number of aromatic nitrogens is 10. The number of hydrogen-bond donors (Lipinski definition) is 2. The number of rotatable bonds is 4. The minimum absolute atomic E-state index is 0.317. The second-order valence-electron chi connectivity index (χ2n) is 9.87. The zero-order valence-electron chi connectivity index (χ0n) is 23.5. The van der Waals surface area contributed by atoms with Crippen LogP contribution in [0.4, 0.5) is 0 Å². The lowest BCUT2D eigenvalue weighted by Gasteiger charge is -2.11. The highest BCUT2D eigenvalue weighted by Crippen LogP contribution is 2.32. The molecule has 0 aliphatic heterocycles. The molecule has 0 spiro atoms. The first-order valence-corrected chi connectivity index (χ1v) is 14.5.